The molecule has 0 fully saturated rings. The van der Waals surface area contributed by atoms with E-state index in [-0.39, 0.29) is 17.7 Å². The zero-order valence-corrected chi connectivity index (χ0v) is 10.2. The van der Waals surface area contributed by atoms with Crippen molar-refractivity contribution in [3.8, 4) is 0 Å². The molecular formula is C13H12F3NO2. The zero-order chi connectivity index (χ0) is 14.2. The highest BCUT2D eigenvalue weighted by molar-refractivity contribution is 6.21. The summed E-state index contributed by atoms with van der Waals surface area (Å²) in [6, 6.07) is 6.24. The normalized spacial score (nSPS) is 16.7. The molecule has 0 unspecified atom stereocenters. The molecule has 1 heterocycles. The fourth-order valence-electron chi connectivity index (χ4n) is 2.18. The van der Waals surface area contributed by atoms with Crippen LogP contribution in [0.5, 0.6) is 0 Å². The Kier molecular flexibility index (Phi) is 3.34. The first-order valence-electron chi connectivity index (χ1n) is 5.81. The van der Waals surface area contributed by atoms with Crippen molar-refractivity contribution >= 4 is 11.8 Å². The lowest BCUT2D eigenvalue weighted by Gasteiger charge is -2.20. The number of benzene rings is 1. The third kappa shape index (κ3) is 2.77. The molecule has 0 bridgehead atoms. The molecule has 1 aliphatic heterocycles. The summed E-state index contributed by atoms with van der Waals surface area (Å²) in [4.78, 5) is 24.8. The summed E-state index contributed by atoms with van der Waals surface area (Å²) in [5.74, 6) is -1.86. The van der Waals surface area contributed by atoms with E-state index < -0.39 is 30.3 Å². The molecule has 3 nitrogen and oxygen atoms in total. The van der Waals surface area contributed by atoms with Crippen LogP contribution in [0.25, 0.3) is 0 Å². The van der Waals surface area contributed by atoms with E-state index in [4.69, 9.17) is 0 Å². The van der Waals surface area contributed by atoms with Gasteiger partial charge in [0.1, 0.15) is 0 Å². The van der Waals surface area contributed by atoms with Gasteiger partial charge in [-0.05, 0) is 18.1 Å². The molecule has 0 aromatic heterocycles. The van der Waals surface area contributed by atoms with E-state index in [1.165, 1.54) is 19.1 Å². The van der Waals surface area contributed by atoms with E-state index in [9.17, 15) is 22.8 Å². The number of alkyl halides is 3. The van der Waals surface area contributed by atoms with Gasteiger partial charge in [0.15, 0.2) is 0 Å². The summed E-state index contributed by atoms with van der Waals surface area (Å²) in [6.45, 7) is 1.16. The number of hydrogen-bond acceptors (Lipinski definition) is 2. The van der Waals surface area contributed by atoms with Crippen molar-refractivity contribution in [1.82, 2.24) is 4.90 Å². The van der Waals surface area contributed by atoms with Gasteiger partial charge in [0, 0.05) is 13.0 Å². The minimum Gasteiger partial charge on any atom is -0.274 e. The molecule has 0 aliphatic carbocycles. The minimum atomic E-state index is -4.29. The summed E-state index contributed by atoms with van der Waals surface area (Å²) in [5.41, 5.74) is 0.512. The standard InChI is InChI=1S/C13H12F3NO2/c1-8(6-13(14,15)16)7-17-11(18)9-4-2-3-5-10(9)12(17)19/h2-5,8H,6-7H2,1H3/t8-/m0/s1. The Labute approximate surface area is 108 Å². The van der Waals surface area contributed by atoms with E-state index in [1.807, 2.05) is 0 Å². The quantitative estimate of drug-likeness (QED) is 0.793. The lowest BCUT2D eigenvalue weighted by molar-refractivity contribution is -0.143. The molecular weight excluding hydrogens is 259 g/mol. The molecule has 2 rings (SSSR count). The molecule has 19 heavy (non-hydrogen) atoms. The summed E-state index contributed by atoms with van der Waals surface area (Å²) < 4.78 is 36.7. The van der Waals surface area contributed by atoms with Crippen molar-refractivity contribution in [2.24, 2.45) is 5.92 Å². The Morgan fingerprint density at radius 1 is 1.11 bits per heavy atom. The highest BCUT2D eigenvalue weighted by Crippen LogP contribution is 2.28. The van der Waals surface area contributed by atoms with Gasteiger partial charge in [0.05, 0.1) is 11.1 Å². The van der Waals surface area contributed by atoms with Crippen molar-refractivity contribution in [3.63, 3.8) is 0 Å². The number of halogens is 3. The van der Waals surface area contributed by atoms with Crippen LogP contribution in [-0.2, 0) is 0 Å². The molecule has 102 valence electrons. The van der Waals surface area contributed by atoms with Crippen LogP contribution in [0, 0.1) is 5.92 Å². The molecule has 1 aromatic carbocycles. The Morgan fingerprint density at radius 2 is 1.58 bits per heavy atom. The lowest BCUT2D eigenvalue weighted by Crippen LogP contribution is -2.35. The summed E-state index contributed by atoms with van der Waals surface area (Å²) >= 11 is 0. The molecule has 0 spiro atoms. The van der Waals surface area contributed by atoms with Gasteiger partial charge in [0.2, 0.25) is 0 Å². The minimum absolute atomic E-state index is 0.216. The predicted octanol–water partition coefficient (Wildman–Crippen LogP) is 2.87. The molecule has 1 aromatic rings. The Balaban J connectivity index is 2.12. The maximum atomic E-state index is 12.2. The highest BCUT2D eigenvalue weighted by Gasteiger charge is 2.38. The third-order valence-corrected chi connectivity index (χ3v) is 2.95. The first kappa shape index (κ1) is 13.6. The number of carbonyl (C=O) groups excluding carboxylic acids is 2. The smallest absolute Gasteiger partial charge is 0.274 e. The van der Waals surface area contributed by atoms with Gasteiger partial charge in [-0.15, -0.1) is 0 Å². The Morgan fingerprint density at radius 3 is 2.00 bits per heavy atom. The van der Waals surface area contributed by atoms with Crippen LogP contribution < -0.4 is 0 Å². The van der Waals surface area contributed by atoms with Gasteiger partial charge in [-0.25, -0.2) is 0 Å². The molecule has 0 saturated carbocycles. The maximum Gasteiger partial charge on any atom is 0.389 e. The molecule has 0 radical (unpaired) electrons. The zero-order valence-electron chi connectivity index (χ0n) is 10.2. The van der Waals surface area contributed by atoms with Crippen molar-refractivity contribution in [3.05, 3.63) is 35.4 Å². The highest BCUT2D eigenvalue weighted by atomic mass is 19.4. The van der Waals surface area contributed by atoms with Crippen LogP contribution in [0.2, 0.25) is 0 Å². The number of imide groups is 1. The second kappa shape index (κ2) is 4.68. The molecule has 0 saturated heterocycles. The molecule has 6 heteroatoms. The fourth-order valence-corrected chi connectivity index (χ4v) is 2.18. The Hall–Kier alpha value is -1.85. The van der Waals surface area contributed by atoms with Gasteiger partial charge < -0.3 is 0 Å². The van der Waals surface area contributed by atoms with Crippen molar-refractivity contribution in [2.75, 3.05) is 6.54 Å². The van der Waals surface area contributed by atoms with Gasteiger partial charge in [-0.2, -0.15) is 13.2 Å². The van der Waals surface area contributed by atoms with E-state index in [0.717, 1.165) is 4.90 Å². The number of hydrogen-bond donors (Lipinski definition) is 0. The van der Waals surface area contributed by atoms with Crippen LogP contribution in [0.3, 0.4) is 0 Å². The molecule has 1 atom stereocenters. The van der Waals surface area contributed by atoms with E-state index >= 15 is 0 Å². The Bertz CT molecular complexity index is 490. The van der Waals surface area contributed by atoms with Crippen LogP contribution in [0.15, 0.2) is 24.3 Å². The van der Waals surface area contributed by atoms with Gasteiger partial charge in [0.25, 0.3) is 11.8 Å². The van der Waals surface area contributed by atoms with E-state index in [1.54, 1.807) is 12.1 Å². The van der Waals surface area contributed by atoms with Gasteiger partial charge in [-0.3, -0.25) is 14.5 Å². The average molecular weight is 271 g/mol. The number of amides is 2. The predicted molar refractivity (Wildman–Crippen MR) is 61.6 cm³/mol. The summed E-state index contributed by atoms with van der Waals surface area (Å²) in [5, 5.41) is 0. The van der Waals surface area contributed by atoms with E-state index in [2.05, 4.69) is 0 Å². The van der Waals surface area contributed by atoms with Crippen LogP contribution in [-0.4, -0.2) is 29.4 Å². The fraction of sp³-hybridized carbons (Fsp3) is 0.385. The van der Waals surface area contributed by atoms with Crippen LogP contribution in [0.4, 0.5) is 13.2 Å². The third-order valence-electron chi connectivity index (χ3n) is 2.95. The van der Waals surface area contributed by atoms with E-state index in [0.29, 0.717) is 0 Å². The van der Waals surface area contributed by atoms with Crippen molar-refractivity contribution < 1.29 is 22.8 Å². The summed E-state index contributed by atoms with van der Waals surface area (Å²) in [7, 11) is 0. The first-order chi connectivity index (χ1) is 8.79. The number of fused-ring (bicyclic) bond motifs is 1. The second-order valence-electron chi connectivity index (χ2n) is 4.69. The average Bonchev–Trinajstić information content (AvgIpc) is 2.53. The number of nitrogens with zero attached hydrogens (tertiary/aromatic N) is 1. The number of rotatable bonds is 3. The topological polar surface area (TPSA) is 37.4 Å². The van der Waals surface area contributed by atoms with Crippen LogP contribution >= 0.6 is 0 Å². The monoisotopic (exact) mass is 271 g/mol. The lowest BCUT2D eigenvalue weighted by atomic mass is 10.1. The summed E-state index contributed by atoms with van der Waals surface area (Å²) in [6.07, 6.45) is -5.31. The SMILES string of the molecule is C[C@H](CN1C(=O)c2ccccc2C1=O)CC(F)(F)F. The molecule has 0 N–H and O–H groups in total. The first-order valence-corrected chi connectivity index (χ1v) is 5.81. The molecule has 1 aliphatic rings. The number of carbonyl (C=O) groups is 2. The van der Waals surface area contributed by atoms with Crippen molar-refractivity contribution in [1.29, 1.82) is 0 Å². The van der Waals surface area contributed by atoms with Gasteiger partial charge >= 0.3 is 6.18 Å². The van der Waals surface area contributed by atoms with Crippen LogP contribution in [0.1, 0.15) is 34.1 Å². The maximum absolute atomic E-state index is 12.2. The molecule has 2 amide bonds. The van der Waals surface area contributed by atoms with Crippen molar-refractivity contribution in [2.45, 2.75) is 19.5 Å². The second-order valence-corrected chi connectivity index (χ2v) is 4.69. The van der Waals surface area contributed by atoms with Gasteiger partial charge in [-0.1, -0.05) is 19.1 Å². The largest absolute Gasteiger partial charge is 0.389 e.